The minimum Gasteiger partial charge on any atom is -0.487 e. The maximum atomic E-state index is 13.3. The fraction of sp³-hybridized carbons (Fsp3) is 0.200. The SMILES string of the molecule is CN=C1NC(=O)S/C1=C\c1ccc(OCc2ccc(C(F)(F)F)cc2C(F)(F)F)c(Cl)c1. The number of nitrogens with one attached hydrogen (secondary N) is 1. The third-order valence-corrected chi connectivity index (χ3v) is 5.37. The lowest BCUT2D eigenvalue weighted by Crippen LogP contribution is -2.18. The summed E-state index contributed by atoms with van der Waals surface area (Å²) in [6.07, 6.45) is -8.27. The van der Waals surface area contributed by atoms with Crippen LogP contribution >= 0.6 is 23.4 Å². The smallest absolute Gasteiger partial charge is 0.416 e. The van der Waals surface area contributed by atoms with E-state index in [0.717, 1.165) is 17.8 Å². The van der Waals surface area contributed by atoms with Crippen molar-refractivity contribution in [3.05, 3.63) is 68.6 Å². The van der Waals surface area contributed by atoms with Crippen molar-refractivity contribution < 1.29 is 35.9 Å². The number of amides is 1. The highest BCUT2D eigenvalue weighted by Gasteiger charge is 2.38. The summed E-state index contributed by atoms with van der Waals surface area (Å²) in [7, 11) is 1.51. The lowest BCUT2D eigenvalue weighted by Gasteiger charge is -2.17. The second-order valence-corrected chi connectivity index (χ2v) is 7.86. The number of halogens is 7. The van der Waals surface area contributed by atoms with Gasteiger partial charge in [0.25, 0.3) is 5.24 Å². The summed E-state index contributed by atoms with van der Waals surface area (Å²) in [5.74, 6) is 0.429. The highest BCUT2D eigenvalue weighted by atomic mass is 35.5. The van der Waals surface area contributed by atoms with Crippen LogP contribution in [-0.4, -0.2) is 18.1 Å². The van der Waals surface area contributed by atoms with Gasteiger partial charge in [-0.05, 0) is 47.7 Å². The van der Waals surface area contributed by atoms with Gasteiger partial charge >= 0.3 is 12.4 Å². The van der Waals surface area contributed by atoms with Gasteiger partial charge in [0.05, 0.1) is 21.1 Å². The van der Waals surface area contributed by atoms with Crippen LogP contribution in [0.4, 0.5) is 31.1 Å². The molecule has 0 aromatic heterocycles. The molecule has 2 aromatic carbocycles. The molecule has 1 N–H and O–H groups in total. The summed E-state index contributed by atoms with van der Waals surface area (Å²) in [6.45, 7) is -0.645. The monoisotopic (exact) mass is 494 g/mol. The van der Waals surface area contributed by atoms with Crippen molar-refractivity contribution in [3.8, 4) is 5.75 Å². The topological polar surface area (TPSA) is 50.7 Å². The van der Waals surface area contributed by atoms with E-state index in [9.17, 15) is 31.1 Å². The Morgan fingerprint density at radius 1 is 1.09 bits per heavy atom. The number of ether oxygens (including phenoxy) is 1. The second-order valence-electron chi connectivity index (χ2n) is 6.44. The number of thioether (sulfide) groups is 1. The Morgan fingerprint density at radius 2 is 1.81 bits per heavy atom. The molecule has 0 atom stereocenters. The first-order valence-electron chi connectivity index (χ1n) is 8.76. The molecule has 0 saturated carbocycles. The van der Waals surface area contributed by atoms with E-state index in [2.05, 4.69) is 10.3 Å². The molecule has 1 aliphatic rings. The van der Waals surface area contributed by atoms with Gasteiger partial charge in [-0.25, -0.2) is 0 Å². The fourth-order valence-corrected chi connectivity index (χ4v) is 3.79. The first-order valence-corrected chi connectivity index (χ1v) is 9.95. The molecule has 170 valence electrons. The molecule has 3 rings (SSSR count). The first-order chi connectivity index (χ1) is 14.9. The van der Waals surface area contributed by atoms with E-state index in [4.69, 9.17) is 16.3 Å². The normalized spacial score (nSPS) is 17.2. The number of alkyl halides is 6. The molecule has 0 spiro atoms. The number of rotatable bonds is 4. The standard InChI is InChI=1S/C20H13ClF6N2O2S/c1-28-17-16(32-18(30)29-17)7-10-2-5-15(14(21)6-10)31-9-11-3-4-12(19(22,23)24)8-13(11)20(25,26)27/h2-8H,9H2,1H3,(H,28,29,30)/b16-7-. The molecular formula is C20H13ClF6N2O2S. The Bertz CT molecular complexity index is 1110. The molecule has 1 heterocycles. The molecule has 0 bridgehead atoms. The minimum atomic E-state index is -5.00. The molecule has 1 fully saturated rings. The Morgan fingerprint density at radius 3 is 2.41 bits per heavy atom. The lowest BCUT2D eigenvalue weighted by molar-refractivity contribution is -0.143. The molecule has 0 radical (unpaired) electrons. The first kappa shape index (κ1) is 24.0. The molecule has 0 aliphatic carbocycles. The van der Waals surface area contributed by atoms with E-state index in [1.165, 1.54) is 19.2 Å². The maximum Gasteiger partial charge on any atom is 0.416 e. The number of benzene rings is 2. The van der Waals surface area contributed by atoms with Crippen molar-refractivity contribution in [2.24, 2.45) is 4.99 Å². The van der Waals surface area contributed by atoms with Gasteiger partial charge in [-0.3, -0.25) is 9.79 Å². The number of carbonyl (C=O) groups excluding carboxylic acids is 1. The minimum absolute atomic E-state index is 0.0412. The van der Waals surface area contributed by atoms with Crippen molar-refractivity contribution in [1.29, 1.82) is 0 Å². The van der Waals surface area contributed by atoms with E-state index in [1.54, 1.807) is 12.1 Å². The molecule has 1 saturated heterocycles. The van der Waals surface area contributed by atoms with Crippen LogP contribution in [-0.2, 0) is 19.0 Å². The fourth-order valence-electron chi connectivity index (χ4n) is 2.77. The predicted octanol–water partition coefficient (Wildman–Crippen LogP) is 6.78. The van der Waals surface area contributed by atoms with Crippen molar-refractivity contribution in [2.45, 2.75) is 19.0 Å². The summed E-state index contributed by atoms with van der Waals surface area (Å²) in [6, 6.07) is 5.78. The number of carbonyl (C=O) groups is 1. The summed E-state index contributed by atoms with van der Waals surface area (Å²) < 4.78 is 83.5. The predicted molar refractivity (Wildman–Crippen MR) is 110 cm³/mol. The van der Waals surface area contributed by atoms with E-state index in [0.29, 0.717) is 22.4 Å². The summed E-state index contributed by atoms with van der Waals surface area (Å²) in [5.41, 5.74) is -2.74. The van der Waals surface area contributed by atoms with Gasteiger partial charge < -0.3 is 10.1 Å². The average Bonchev–Trinajstić information content (AvgIpc) is 3.05. The Balaban J connectivity index is 1.81. The van der Waals surface area contributed by atoms with Gasteiger partial charge in [0.1, 0.15) is 18.2 Å². The number of aliphatic imine (C=N–C) groups is 1. The Kier molecular flexibility index (Phi) is 6.80. The maximum absolute atomic E-state index is 13.3. The molecule has 1 amide bonds. The molecule has 12 heteroatoms. The van der Waals surface area contributed by atoms with Gasteiger partial charge in [-0.15, -0.1) is 0 Å². The third-order valence-electron chi connectivity index (χ3n) is 4.26. The van der Waals surface area contributed by atoms with Crippen LogP contribution in [0.5, 0.6) is 5.75 Å². The van der Waals surface area contributed by atoms with E-state index in [1.807, 2.05) is 0 Å². The van der Waals surface area contributed by atoms with Gasteiger partial charge in [0.15, 0.2) is 0 Å². The molecule has 2 aromatic rings. The van der Waals surface area contributed by atoms with Crippen LogP contribution in [0.25, 0.3) is 6.08 Å². The second kappa shape index (κ2) is 9.07. The van der Waals surface area contributed by atoms with Crippen molar-refractivity contribution >= 4 is 40.5 Å². The lowest BCUT2D eigenvalue weighted by atomic mass is 10.0. The zero-order chi connectivity index (χ0) is 23.7. The Labute approximate surface area is 187 Å². The molecule has 32 heavy (non-hydrogen) atoms. The highest BCUT2D eigenvalue weighted by molar-refractivity contribution is 8.18. The zero-order valence-corrected chi connectivity index (χ0v) is 17.6. The van der Waals surface area contributed by atoms with Crippen LogP contribution in [0.15, 0.2) is 46.3 Å². The van der Waals surface area contributed by atoms with Crippen LogP contribution in [0.2, 0.25) is 5.02 Å². The molecule has 4 nitrogen and oxygen atoms in total. The quantitative estimate of drug-likeness (QED) is 0.476. The van der Waals surface area contributed by atoms with Gasteiger partial charge in [-0.1, -0.05) is 23.7 Å². The van der Waals surface area contributed by atoms with Gasteiger partial charge in [0.2, 0.25) is 0 Å². The van der Waals surface area contributed by atoms with Crippen LogP contribution in [0.1, 0.15) is 22.3 Å². The van der Waals surface area contributed by atoms with Gasteiger partial charge in [-0.2, -0.15) is 26.3 Å². The van der Waals surface area contributed by atoms with E-state index in [-0.39, 0.29) is 22.1 Å². The number of nitrogens with zero attached hydrogens (tertiary/aromatic N) is 1. The van der Waals surface area contributed by atoms with E-state index < -0.39 is 35.6 Å². The summed E-state index contributed by atoms with van der Waals surface area (Å²) in [5, 5.41) is 2.33. The van der Waals surface area contributed by atoms with Crippen LogP contribution < -0.4 is 10.1 Å². The Hall–Kier alpha value is -2.66. The van der Waals surface area contributed by atoms with Crippen molar-refractivity contribution in [3.63, 3.8) is 0 Å². The summed E-state index contributed by atoms with van der Waals surface area (Å²) >= 11 is 7.09. The van der Waals surface area contributed by atoms with Crippen molar-refractivity contribution in [1.82, 2.24) is 5.32 Å². The average molecular weight is 495 g/mol. The van der Waals surface area contributed by atoms with E-state index >= 15 is 0 Å². The third kappa shape index (κ3) is 5.57. The van der Waals surface area contributed by atoms with Crippen LogP contribution in [0.3, 0.4) is 0 Å². The molecule has 0 unspecified atom stereocenters. The number of amidine groups is 1. The van der Waals surface area contributed by atoms with Crippen molar-refractivity contribution in [2.75, 3.05) is 7.05 Å². The number of hydrogen-bond acceptors (Lipinski definition) is 4. The number of hydrogen-bond donors (Lipinski definition) is 1. The van der Waals surface area contributed by atoms with Crippen LogP contribution in [0, 0.1) is 0 Å². The summed E-state index contributed by atoms with van der Waals surface area (Å²) in [4.78, 5) is 16.0. The zero-order valence-electron chi connectivity index (χ0n) is 16.1. The molecular weight excluding hydrogens is 482 g/mol. The highest BCUT2D eigenvalue weighted by Crippen LogP contribution is 2.38. The van der Waals surface area contributed by atoms with Gasteiger partial charge in [0, 0.05) is 12.6 Å². The largest absolute Gasteiger partial charge is 0.487 e. The molecule has 1 aliphatic heterocycles.